The molecule has 0 bridgehead atoms. The van der Waals surface area contributed by atoms with E-state index in [-0.39, 0.29) is 11.9 Å². The lowest BCUT2D eigenvalue weighted by molar-refractivity contribution is 0.0662. The van der Waals surface area contributed by atoms with E-state index >= 15 is 0 Å². The summed E-state index contributed by atoms with van der Waals surface area (Å²) in [6.45, 7) is 6.53. The van der Waals surface area contributed by atoms with Gasteiger partial charge in [-0.2, -0.15) is 5.10 Å². The Morgan fingerprint density at radius 2 is 1.77 bits per heavy atom. The van der Waals surface area contributed by atoms with Crippen molar-refractivity contribution >= 4 is 27.8 Å². The van der Waals surface area contributed by atoms with Crippen LogP contribution >= 0.6 is 0 Å². The van der Waals surface area contributed by atoms with Crippen LogP contribution in [0.3, 0.4) is 0 Å². The van der Waals surface area contributed by atoms with Crippen molar-refractivity contribution in [2.45, 2.75) is 50.6 Å². The molecule has 0 atom stereocenters. The summed E-state index contributed by atoms with van der Waals surface area (Å²) in [5.74, 6) is 0.257. The molecule has 0 amide bonds. The monoisotopic (exact) mass is 596 g/mol. The van der Waals surface area contributed by atoms with Crippen LogP contribution in [0.25, 0.3) is 33.2 Å². The molecule has 0 radical (unpaired) electrons. The largest absolute Gasteiger partial charge is 0.385 e. The molecule has 0 unspecified atom stereocenters. The van der Waals surface area contributed by atoms with Crippen molar-refractivity contribution in [2.24, 2.45) is 0 Å². The van der Waals surface area contributed by atoms with E-state index in [9.17, 15) is 4.39 Å². The summed E-state index contributed by atoms with van der Waals surface area (Å²) < 4.78 is 21.6. The standard InChI is InChI=1S/C34H41FN8O/c1-44-18-4-13-41-14-16-42(17-15-41)27-8-10-28(11-9-27)43-34-31(33(36)37-22-38-34)32(40-43)24-7-12-30-25(19-24)21-26(39-30)20-23-5-2-3-6-29(23)35/h2-3,5-7,12,19,21-22,27-28,39H,4,8-11,13-18,20H2,1H3,(H2,36,37,38)/t27-,28-. The summed E-state index contributed by atoms with van der Waals surface area (Å²) in [6, 6.07) is 16.2. The van der Waals surface area contributed by atoms with E-state index in [1.54, 1.807) is 19.5 Å². The van der Waals surface area contributed by atoms with Crippen molar-refractivity contribution in [3.63, 3.8) is 0 Å². The van der Waals surface area contributed by atoms with Gasteiger partial charge in [-0.15, -0.1) is 0 Å². The maximum Gasteiger partial charge on any atom is 0.164 e. The lowest BCUT2D eigenvalue weighted by Gasteiger charge is -2.42. The zero-order valence-corrected chi connectivity index (χ0v) is 25.4. The number of methoxy groups -OCH3 is 1. The number of nitrogens with two attached hydrogens (primary N) is 1. The lowest BCUT2D eigenvalue weighted by Crippen LogP contribution is -2.51. The highest BCUT2D eigenvalue weighted by atomic mass is 19.1. The van der Waals surface area contributed by atoms with Gasteiger partial charge in [0.25, 0.3) is 0 Å². The second-order valence-corrected chi connectivity index (χ2v) is 12.3. The van der Waals surface area contributed by atoms with Crippen LogP contribution in [0.1, 0.15) is 49.4 Å². The number of piperazine rings is 1. The first-order valence-electron chi connectivity index (χ1n) is 15.9. The van der Waals surface area contributed by atoms with Crippen molar-refractivity contribution in [1.82, 2.24) is 34.5 Å². The minimum atomic E-state index is -0.190. The number of nitrogen functional groups attached to an aromatic ring is 1. The van der Waals surface area contributed by atoms with E-state index in [4.69, 9.17) is 15.6 Å². The molecule has 1 aliphatic carbocycles. The Labute approximate surface area is 257 Å². The average molecular weight is 597 g/mol. The molecule has 5 aromatic rings. The number of anilines is 1. The number of rotatable bonds is 9. The molecule has 2 fully saturated rings. The van der Waals surface area contributed by atoms with Gasteiger partial charge in [-0.1, -0.05) is 24.3 Å². The Morgan fingerprint density at radius 3 is 2.57 bits per heavy atom. The fourth-order valence-electron chi connectivity index (χ4n) is 7.19. The van der Waals surface area contributed by atoms with Crippen LogP contribution in [-0.2, 0) is 11.2 Å². The molecule has 1 saturated carbocycles. The van der Waals surface area contributed by atoms with Crippen LogP contribution < -0.4 is 5.73 Å². The molecule has 44 heavy (non-hydrogen) atoms. The van der Waals surface area contributed by atoms with Gasteiger partial charge in [0.05, 0.1) is 11.4 Å². The van der Waals surface area contributed by atoms with E-state index in [0.717, 1.165) is 110 Å². The van der Waals surface area contributed by atoms with Crippen LogP contribution in [0, 0.1) is 5.82 Å². The molecule has 3 N–H and O–H groups in total. The predicted octanol–water partition coefficient (Wildman–Crippen LogP) is 5.42. The van der Waals surface area contributed by atoms with Crippen molar-refractivity contribution in [3.05, 3.63) is 71.9 Å². The topological polar surface area (TPSA) is 101 Å². The highest BCUT2D eigenvalue weighted by molar-refractivity contribution is 6.00. The van der Waals surface area contributed by atoms with Crippen LogP contribution in [0.4, 0.5) is 10.2 Å². The molecule has 2 aromatic carbocycles. The predicted molar refractivity (Wildman–Crippen MR) is 172 cm³/mol. The number of benzene rings is 2. The van der Waals surface area contributed by atoms with Crippen molar-refractivity contribution in [1.29, 1.82) is 0 Å². The molecule has 2 aliphatic rings. The number of H-pyrrole nitrogens is 1. The van der Waals surface area contributed by atoms with Gasteiger partial charge in [0.15, 0.2) is 5.65 Å². The molecule has 1 saturated heterocycles. The van der Waals surface area contributed by atoms with Crippen LogP contribution in [0.2, 0.25) is 0 Å². The van der Waals surface area contributed by atoms with Crippen LogP contribution in [0.5, 0.6) is 0 Å². The number of halogens is 1. The van der Waals surface area contributed by atoms with Gasteiger partial charge in [-0.25, -0.2) is 19.0 Å². The molecule has 4 heterocycles. The number of ether oxygens (including phenoxy) is 1. The summed E-state index contributed by atoms with van der Waals surface area (Å²) in [4.78, 5) is 17.7. The molecule has 230 valence electrons. The number of hydrogen-bond donors (Lipinski definition) is 2. The van der Waals surface area contributed by atoms with Crippen LogP contribution in [0.15, 0.2) is 54.9 Å². The molecular weight excluding hydrogens is 555 g/mol. The molecule has 10 heteroatoms. The Bertz CT molecular complexity index is 1730. The molecule has 1 aliphatic heterocycles. The normalized spacial score (nSPS) is 20.1. The third-order valence-corrected chi connectivity index (χ3v) is 9.57. The summed E-state index contributed by atoms with van der Waals surface area (Å²) in [5, 5.41) is 7.02. The number of fused-ring (bicyclic) bond motifs is 2. The highest BCUT2D eigenvalue weighted by Crippen LogP contribution is 2.38. The molecule has 7 rings (SSSR count). The highest BCUT2D eigenvalue weighted by Gasteiger charge is 2.31. The molecular formula is C34H41FN8O. The van der Waals surface area contributed by atoms with E-state index in [0.29, 0.717) is 23.8 Å². The average Bonchev–Trinajstić information content (AvgIpc) is 3.64. The molecule has 3 aromatic heterocycles. The number of nitrogens with zero attached hydrogens (tertiary/aromatic N) is 6. The summed E-state index contributed by atoms with van der Waals surface area (Å²) in [5.41, 5.74) is 11.7. The van der Waals surface area contributed by atoms with E-state index in [2.05, 4.69) is 53.7 Å². The quantitative estimate of drug-likeness (QED) is 0.219. The number of nitrogens with one attached hydrogen (secondary N) is 1. The Hall–Kier alpha value is -3.86. The zero-order chi connectivity index (χ0) is 30.0. The fourth-order valence-corrected chi connectivity index (χ4v) is 7.19. The first-order chi connectivity index (χ1) is 21.6. The van der Waals surface area contributed by atoms with Crippen LogP contribution in [-0.4, -0.2) is 87.0 Å². The third-order valence-electron chi connectivity index (χ3n) is 9.57. The maximum absolute atomic E-state index is 14.3. The SMILES string of the molecule is COCCCN1CCN([C@H]2CC[C@H](n3nc(-c4ccc5[nH]c(Cc6ccccc6F)cc5c4)c4c(N)ncnc43)CC2)CC1. The first-order valence-corrected chi connectivity index (χ1v) is 15.9. The minimum absolute atomic E-state index is 0.190. The smallest absolute Gasteiger partial charge is 0.164 e. The lowest BCUT2D eigenvalue weighted by atomic mass is 9.90. The summed E-state index contributed by atoms with van der Waals surface area (Å²) >= 11 is 0. The Kier molecular flexibility index (Phi) is 8.29. The molecule has 9 nitrogen and oxygen atoms in total. The van der Waals surface area contributed by atoms with Gasteiger partial charge in [-0.3, -0.25) is 4.90 Å². The summed E-state index contributed by atoms with van der Waals surface area (Å²) in [7, 11) is 1.78. The minimum Gasteiger partial charge on any atom is -0.385 e. The zero-order valence-electron chi connectivity index (χ0n) is 25.4. The van der Waals surface area contributed by atoms with Gasteiger partial charge in [-0.05, 0) is 61.9 Å². The summed E-state index contributed by atoms with van der Waals surface area (Å²) in [6.07, 6.45) is 7.59. The van der Waals surface area contributed by atoms with Gasteiger partial charge in [0, 0.05) is 81.1 Å². The van der Waals surface area contributed by atoms with Crippen molar-refractivity contribution in [2.75, 3.05) is 52.2 Å². The molecule has 0 spiro atoms. The first kappa shape index (κ1) is 28.9. The second-order valence-electron chi connectivity index (χ2n) is 12.3. The van der Waals surface area contributed by atoms with Crippen molar-refractivity contribution in [3.8, 4) is 11.3 Å². The number of hydrogen-bond acceptors (Lipinski definition) is 7. The third kappa shape index (κ3) is 5.81. The second kappa shape index (κ2) is 12.6. The Balaban J connectivity index is 1.08. The van der Waals surface area contributed by atoms with Gasteiger partial charge < -0.3 is 20.4 Å². The van der Waals surface area contributed by atoms with E-state index < -0.39 is 0 Å². The Morgan fingerprint density at radius 1 is 0.977 bits per heavy atom. The fraction of sp³-hybridized carbons (Fsp3) is 0.441. The van der Waals surface area contributed by atoms with Gasteiger partial charge in [0.2, 0.25) is 0 Å². The van der Waals surface area contributed by atoms with E-state index in [1.807, 2.05) is 12.1 Å². The number of aromatic amines is 1. The van der Waals surface area contributed by atoms with Gasteiger partial charge in [0.1, 0.15) is 23.7 Å². The van der Waals surface area contributed by atoms with Crippen molar-refractivity contribution < 1.29 is 9.13 Å². The van der Waals surface area contributed by atoms with E-state index in [1.165, 1.54) is 6.07 Å². The number of aromatic nitrogens is 5. The maximum atomic E-state index is 14.3. The van der Waals surface area contributed by atoms with Gasteiger partial charge >= 0.3 is 0 Å².